The second-order valence-corrected chi connectivity index (χ2v) is 3.86. The first kappa shape index (κ1) is 11.8. The summed E-state index contributed by atoms with van der Waals surface area (Å²) in [5, 5.41) is 0. The zero-order valence-electron chi connectivity index (χ0n) is 9.50. The fourth-order valence-corrected chi connectivity index (χ4v) is 1.59. The minimum atomic E-state index is 0.727. The molecule has 0 amide bonds. The van der Waals surface area contributed by atoms with E-state index in [2.05, 4.69) is 23.9 Å². The predicted molar refractivity (Wildman–Crippen MR) is 64.6 cm³/mol. The van der Waals surface area contributed by atoms with E-state index >= 15 is 0 Å². The number of aryl methyl sites for hydroxylation is 1. The molecule has 0 bridgehead atoms. The molecule has 1 aromatic heterocycles. The van der Waals surface area contributed by atoms with Gasteiger partial charge in [-0.15, -0.1) is 6.42 Å². The maximum Gasteiger partial charge on any atom is 0.112 e. The predicted octanol–water partition coefficient (Wildman–Crippen LogP) is 3.58. The van der Waals surface area contributed by atoms with Gasteiger partial charge in [0.1, 0.15) is 5.69 Å². The van der Waals surface area contributed by atoms with Crippen molar-refractivity contribution in [2.75, 3.05) is 0 Å². The lowest BCUT2D eigenvalue weighted by atomic mass is 10.1. The number of hydrogen-bond acceptors (Lipinski definition) is 1. The molecule has 1 heteroatoms. The molecule has 0 saturated carbocycles. The second kappa shape index (κ2) is 7.06. The van der Waals surface area contributed by atoms with Crippen molar-refractivity contribution in [1.82, 2.24) is 4.98 Å². The summed E-state index contributed by atoms with van der Waals surface area (Å²) in [5.74, 6) is 2.53. The SMILES string of the molecule is C#Cc1ccc(CCCCCCC)cn1. The molecule has 0 unspecified atom stereocenters. The molecule has 0 aliphatic carbocycles. The van der Waals surface area contributed by atoms with Crippen molar-refractivity contribution >= 4 is 0 Å². The monoisotopic (exact) mass is 201 g/mol. The largest absolute Gasteiger partial charge is 0.248 e. The number of terminal acetylenes is 1. The van der Waals surface area contributed by atoms with Crippen LogP contribution in [0, 0.1) is 12.3 Å². The topological polar surface area (TPSA) is 12.9 Å². The maximum atomic E-state index is 5.24. The highest BCUT2D eigenvalue weighted by Gasteiger charge is 1.94. The van der Waals surface area contributed by atoms with E-state index in [1.54, 1.807) is 0 Å². The zero-order chi connectivity index (χ0) is 10.9. The van der Waals surface area contributed by atoms with Crippen molar-refractivity contribution in [3.63, 3.8) is 0 Å². The highest BCUT2D eigenvalue weighted by atomic mass is 14.7. The molecule has 0 aliphatic rings. The molecule has 1 rings (SSSR count). The van der Waals surface area contributed by atoms with Crippen LogP contribution in [0.15, 0.2) is 18.3 Å². The van der Waals surface area contributed by atoms with E-state index in [0.717, 1.165) is 12.1 Å². The zero-order valence-corrected chi connectivity index (χ0v) is 9.50. The Morgan fingerprint density at radius 1 is 1.20 bits per heavy atom. The van der Waals surface area contributed by atoms with E-state index in [-0.39, 0.29) is 0 Å². The lowest BCUT2D eigenvalue weighted by Gasteiger charge is -2.01. The molecule has 0 N–H and O–H groups in total. The van der Waals surface area contributed by atoms with Crippen LogP contribution in [0.4, 0.5) is 0 Å². The van der Waals surface area contributed by atoms with Gasteiger partial charge in [0.05, 0.1) is 0 Å². The standard InChI is InChI=1S/C14H19N/c1-3-5-6-7-8-9-13-10-11-14(4-2)15-12-13/h2,10-12H,3,5-9H2,1H3. The van der Waals surface area contributed by atoms with Crippen molar-refractivity contribution in [3.05, 3.63) is 29.6 Å². The average Bonchev–Trinajstić information content (AvgIpc) is 2.30. The molecular formula is C14H19N. The number of aromatic nitrogens is 1. The van der Waals surface area contributed by atoms with Crippen molar-refractivity contribution < 1.29 is 0 Å². The van der Waals surface area contributed by atoms with Crippen LogP contribution in [0.25, 0.3) is 0 Å². The van der Waals surface area contributed by atoms with Gasteiger partial charge in [-0.25, -0.2) is 4.98 Å². The normalized spacial score (nSPS) is 9.87. The Morgan fingerprint density at radius 2 is 2.00 bits per heavy atom. The minimum absolute atomic E-state index is 0.727. The number of nitrogens with zero attached hydrogens (tertiary/aromatic N) is 1. The molecule has 0 radical (unpaired) electrons. The van der Waals surface area contributed by atoms with Gasteiger partial charge >= 0.3 is 0 Å². The molecule has 1 heterocycles. The van der Waals surface area contributed by atoms with Crippen LogP contribution >= 0.6 is 0 Å². The van der Waals surface area contributed by atoms with Crippen LogP contribution in [0.5, 0.6) is 0 Å². The molecule has 15 heavy (non-hydrogen) atoms. The fourth-order valence-electron chi connectivity index (χ4n) is 1.59. The highest BCUT2D eigenvalue weighted by molar-refractivity contribution is 5.26. The summed E-state index contributed by atoms with van der Waals surface area (Å²) in [4.78, 5) is 4.18. The molecule has 1 nitrogen and oxygen atoms in total. The Balaban J connectivity index is 2.23. The Bertz CT molecular complexity index is 305. The van der Waals surface area contributed by atoms with Gasteiger partial charge in [-0.2, -0.15) is 0 Å². The first-order chi connectivity index (χ1) is 7.36. The van der Waals surface area contributed by atoms with E-state index in [9.17, 15) is 0 Å². The number of rotatable bonds is 6. The molecule has 0 aliphatic heterocycles. The molecule has 0 spiro atoms. The molecular weight excluding hydrogens is 182 g/mol. The van der Waals surface area contributed by atoms with E-state index < -0.39 is 0 Å². The molecule has 0 saturated heterocycles. The van der Waals surface area contributed by atoms with E-state index in [1.807, 2.05) is 12.3 Å². The summed E-state index contributed by atoms with van der Waals surface area (Å²) in [5.41, 5.74) is 2.02. The quantitative estimate of drug-likeness (QED) is 0.506. The molecule has 0 fully saturated rings. The molecule has 0 aromatic carbocycles. The summed E-state index contributed by atoms with van der Waals surface area (Å²) >= 11 is 0. The van der Waals surface area contributed by atoms with Crippen molar-refractivity contribution in [3.8, 4) is 12.3 Å². The van der Waals surface area contributed by atoms with Gasteiger partial charge in [0.15, 0.2) is 0 Å². The van der Waals surface area contributed by atoms with Gasteiger partial charge in [-0.05, 0) is 24.5 Å². The maximum absolute atomic E-state index is 5.24. The highest BCUT2D eigenvalue weighted by Crippen LogP contribution is 2.08. The van der Waals surface area contributed by atoms with E-state index in [0.29, 0.717) is 0 Å². The van der Waals surface area contributed by atoms with Gasteiger partial charge in [0, 0.05) is 6.20 Å². The van der Waals surface area contributed by atoms with Gasteiger partial charge < -0.3 is 0 Å². The van der Waals surface area contributed by atoms with Crippen LogP contribution in [0.3, 0.4) is 0 Å². The van der Waals surface area contributed by atoms with Crippen molar-refractivity contribution in [1.29, 1.82) is 0 Å². The molecule has 1 aromatic rings. The lowest BCUT2D eigenvalue weighted by Crippen LogP contribution is -1.89. The Kier molecular flexibility index (Phi) is 5.55. The third kappa shape index (κ3) is 4.65. The van der Waals surface area contributed by atoms with Gasteiger partial charge in [-0.3, -0.25) is 0 Å². The van der Waals surface area contributed by atoms with Crippen molar-refractivity contribution in [2.45, 2.75) is 45.4 Å². The third-order valence-electron chi connectivity index (χ3n) is 2.54. The first-order valence-corrected chi connectivity index (χ1v) is 5.78. The Hall–Kier alpha value is -1.29. The lowest BCUT2D eigenvalue weighted by molar-refractivity contribution is 0.631. The van der Waals surface area contributed by atoms with Crippen molar-refractivity contribution in [2.24, 2.45) is 0 Å². The summed E-state index contributed by atoms with van der Waals surface area (Å²) in [6.07, 6.45) is 14.9. The minimum Gasteiger partial charge on any atom is -0.248 e. The number of pyridine rings is 1. The summed E-state index contributed by atoms with van der Waals surface area (Å²) < 4.78 is 0. The fraction of sp³-hybridized carbons (Fsp3) is 0.500. The van der Waals surface area contributed by atoms with Crippen LogP contribution in [-0.2, 0) is 6.42 Å². The summed E-state index contributed by atoms with van der Waals surface area (Å²) in [7, 11) is 0. The van der Waals surface area contributed by atoms with E-state index in [4.69, 9.17) is 6.42 Å². The van der Waals surface area contributed by atoms with Gasteiger partial charge in [-0.1, -0.05) is 44.6 Å². The number of hydrogen-bond donors (Lipinski definition) is 0. The van der Waals surface area contributed by atoms with Gasteiger partial charge in [0.2, 0.25) is 0 Å². The first-order valence-electron chi connectivity index (χ1n) is 5.78. The van der Waals surface area contributed by atoms with Crippen LogP contribution in [0.1, 0.15) is 50.3 Å². The van der Waals surface area contributed by atoms with E-state index in [1.165, 1.54) is 37.7 Å². The average molecular weight is 201 g/mol. The second-order valence-electron chi connectivity index (χ2n) is 3.86. The number of unbranched alkanes of at least 4 members (excludes halogenated alkanes) is 4. The smallest absolute Gasteiger partial charge is 0.112 e. The Morgan fingerprint density at radius 3 is 2.60 bits per heavy atom. The van der Waals surface area contributed by atoms with Crippen LogP contribution < -0.4 is 0 Å². The third-order valence-corrected chi connectivity index (χ3v) is 2.54. The summed E-state index contributed by atoms with van der Waals surface area (Å²) in [6, 6.07) is 4.00. The van der Waals surface area contributed by atoms with Crippen LogP contribution in [0.2, 0.25) is 0 Å². The summed E-state index contributed by atoms with van der Waals surface area (Å²) in [6.45, 7) is 2.24. The Labute approximate surface area is 92.9 Å². The molecule has 80 valence electrons. The van der Waals surface area contributed by atoms with Crippen LogP contribution in [-0.4, -0.2) is 4.98 Å². The van der Waals surface area contributed by atoms with Gasteiger partial charge in [0.25, 0.3) is 0 Å². The molecule has 0 atom stereocenters.